The maximum absolute atomic E-state index is 12.4. The monoisotopic (exact) mass is 525 g/mol. The maximum Gasteiger partial charge on any atom is 0.242 e. The Morgan fingerprint density at radius 3 is 2.05 bits per heavy atom. The van der Waals surface area contributed by atoms with Crippen molar-refractivity contribution in [3.8, 4) is 0 Å². The fraction of sp³-hybridized carbons (Fsp3) is 0.345. The molecule has 0 aliphatic rings. The third-order valence-electron chi connectivity index (χ3n) is 5.55. The van der Waals surface area contributed by atoms with Crippen molar-refractivity contribution in [1.29, 1.82) is 0 Å². The number of nitrogens with one attached hydrogen (secondary N) is 1. The van der Waals surface area contributed by atoms with Crippen molar-refractivity contribution in [1.82, 2.24) is 9.73 Å². The lowest BCUT2D eigenvalue weighted by molar-refractivity contribution is 0.519. The van der Waals surface area contributed by atoms with Gasteiger partial charge in [-0.05, 0) is 54.7 Å². The summed E-state index contributed by atoms with van der Waals surface area (Å²) in [4.78, 5) is 4.61. The number of nitrogens with two attached hydrogens (primary N) is 2. The van der Waals surface area contributed by atoms with Crippen molar-refractivity contribution in [3.05, 3.63) is 95.1 Å². The summed E-state index contributed by atoms with van der Waals surface area (Å²) in [6.45, 7) is 8.57. The van der Waals surface area contributed by atoms with Crippen molar-refractivity contribution in [2.75, 3.05) is 19.8 Å². The molecule has 7 nitrogen and oxygen atoms in total. The lowest BCUT2D eigenvalue weighted by atomic mass is 10.0. The van der Waals surface area contributed by atoms with E-state index in [9.17, 15) is 8.42 Å². The number of nitrogen functional groups attached to an aromatic ring is 1. The van der Waals surface area contributed by atoms with Gasteiger partial charge in [0.2, 0.25) is 10.0 Å². The van der Waals surface area contributed by atoms with Crippen molar-refractivity contribution in [2.24, 2.45) is 10.8 Å². The van der Waals surface area contributed by atoms with Crippen LogP contribution in [-0.4, -0.2) is 32.7 Å². The second-order valence-electron chi connectivity index (χ2n) is 8.32. The number of hydrazine groups is 1. The number of amidine groups is 1. The summed E-state index contributed by atoms with van der Waals surface area (Å²) in [6, 6.07) is 22.5. The van der Waals surface area contributed by atoms with Gasteiger partial charge in [-0.2, -0.15) is 0 Å². The molecule has 3 aromatic carbocycles. The van der Waals surface area contributed by atoms with Gasteiger partial charge in [-0.15, -0.1) is 0 Å². The molecule has 8 heteroatoms. The van der Waals surface area contributed by atoms with Crippen LogP contribution in [0.3, 0.4) is 0 Å². The summed E-state index contributed by atoms with van der Waals surface area (Å²) in [7, 11) is -0.561. The van der Waals surface area contributed by atoms with Crippen LogP contribution in [0.4, 0.5) is 5.69 Å². The largest absolute Gasteiger partial charge is 0.398 e. The van der Waals surface area contributed by atoms with Crippen LogP contribution in [0.25, 0.3) is 0 Å². The molecule has 0 bridgehead atoms. The summed E-state index contributed by atoms with van der Waals surface area (Å²) in [6.07, 6.45) is 3.84. The van der Waals surface area contributed by atoms with Gasteiger partial charge >= 0.3 is 0 Å². The molecule has 202 valence electrons. The number of sulfonamides is 1. The highest BCUT2D eigenvalue weighted by Gasteiger charge is 2.20. The van der Waals surface area contributed by atoms with Gasteiger partial charge in [-0.3, -0.25) is 4.99 Å². The third kappa shape index (κ3) is 9.64. The highest BCUT2D eigenvalue weighted by Crippen LogP contribution is 2.20. The Morgan fingerprint density at radius 2 is 1.49 bits per heavy atom. The number of aryl methyl sites for hydroxylation is 2. The molecule has 0 spiro atoms. The fourth-order valence-corrected chi connectivity index (χ4v) is 4.53. The van der Waals surface area contributed by atoms with Gasteiger partial charge in [0.05, 0.1) is 11.4 Å². The average Bonchev–Trinajstić information content (AvgIpc) is 2.91. The van der Waals surface area contributed by atoms with Crippen molar-refractivity contribution in [3.63, 3.8) is 0 Å². The number of para-hydroxylation sites is 1. The zero-order valence-electron chi connectivity index (χ0n) is 23.0. The van der Waals surface area contributed by atoms with E-state index in [0.29, 0.717) is 22.6 Å². The smallest absolute Gasteiger partial charge is 0.242 e. The molecular formula is C29H43N5O2S. The Balaban J connectivity index is 0.000000439. The molecule has 0 unspecified atom stereocenters. The Morgan fingerprint density at radius 1 is 0.919 bits per heavy atom. The first kappa shape index (κ1) is 31.8. The Labute approximate surface area is 223 Å². The first-order chi connectivity index (χ1) is 17.7. The van der Waals surface area contributed by atoms with E-state index < -0.39 is 10.0 Å². The summed E-state index contributed by atoms with van der Waals surface area (Å²) in [5.41, 5.74) is 13.2. The van der Waals surface area contributed by atoms with E-state index in [1.54, 1.807) is 36.4 Å². The van der Waals surface area contributed by atoms with Gasteiger partial charge < -0.3 is 11.2 Å². The molecule has 0 aromatic heterocycles. The number of hydrogen-bond acceptors (Lipinski definition) is 5. The molecule has 37 heavy (non-hydrogen) atoms. The Hall–Kier alpha value is -3.20. The molecule has 0 saturated carbocycles. The lowest BCUT2D eigenvalue weighted by Crippen LogP contribution is -2.32. The van der Waals surface area contributed by atoms with Crippen LogP contribution in [-0.2, 0) is 23.0 Å². The van der Waals surface area contributed by atoms with Gasteiger partial charge in [0, 0.05) is 25.3 Å². The number of anilines is 1. The van der Waals surface area contributed by atoms with Gasteiger partial charge in [-0.25, -0.2) is 18.6 Å². The zero-order valence-corrected chi connectivity index (χ0v) is 23.8. The summed E-state index contributed by atoms with van der Waals surface area (Å²) >= 11 is 0. The normalized spacial score (nSPS) is 11.2. The first-order valence-electron chi connectivity index (χ1n) is 12.6. The van der Waals surface area contributed by atoms with Crippen LogP contribution in [0, 0.1) is 6.92 Å². The van der Waals surface area contributed by atoms with E-state index in [2.05, 4.69) is 48.5 Å². The predicted octanol–water partition coefficient (Wildman–Crippen LogP) is 5.29. The quantitative estimate of drug-likeness (QED) is 0.122. The van der Waals surface area contributed by atoms with E-state index in [4.69, 9.17) is 11.6 Å². The average molecular weight is 526 g/mol. The molecule has 0 aliphatic carbocycles. The molecule has 0 aliphatic heterocycles. The molecule has 0 fully saturated rings. The van der Waals surface area contributed by atoms with Crippen molar-refractivity contribution >= 4 is 21.5 Å². The molecule has 3 aromatic rings. The highest BCUT2D eigenvalue weighted by molar-refractivity contribution is 7.89. The maximum atomic E-state index is 12.4. The number of unbranched alkanes of at least 4 members (excludes halogenated alkanes) is 1. The molecule has 0 amide bonds. The van der Waals surface area contributed by atoms with Gasteiger partial charge in [0.15, 0.2) is 0 Å². The van der Waals surface area contributed by atoms with Crippen LogP contribution in [0.2, 0.25) is 0 Å². The van der Waals surface area contributed by atoms with Crippen LogP contribution >= 0.6 is 0 Å². The second-order valence-corrected chi connectivity index (χ2v) is 10.4. The molecule has 3 rings (SSSR count). The van der Waals surface area contributed by atoms with Gasteiger partial charge in [0.25, 0.3) is 0 Å². The molecule has 0 radical (unpaired) electrons. The summed E-state index contributed by atoms with van der Waals surface area (Å²) in [5, 5.41) is 0. The van der Waals surface area contributed by atoms with Crippen LogP contribution in [0.1, 0.15) is 55.9 Å². The Bertz CT molecular complexity index is 1220. The number of rotatable bonds is 8. The Kier molecular flexibility index (Phi) is 14.2. The van der Waals surface area contributed by atoms with E-state index in [-0.39, 0.29) is 11.4 Å². The van der Waals surface area contributed by atoms with E-state index in [0.717, 1.165) is 0 Å². The van der Waals surface area contributed by atoms with E-state index >= 15 is 0 Å². The van der Waals surface area contributed by atoms with Gasteiger partial charge in [0.1, 0.15) is 5.84 Å². The standard InChI is InChI=1S/C16H21N5O2S.C11H16.C2H6/c1-21(2)24(22,23)15-10-6-3-7-12(15)11-19-16(20-18)13-8-4-5-9-14(13)17;1-3-4-8-11-9-6-5-7-10(11)2;1-2/h3-10H,11,17-18H2,1-2H3,(H,19,20);5-7,9H,3-4,8H2,1-2H3;1-2H3. The van der Waals surface area contributed by atoms with Crippen LogP contribution < -0.4 is 17.0 Å². The topological polar surface area (TPSA) is 114 Å². The van der Waals surface area contributed by atoms with Gasteiger partial charge in [-0.1, -0.05) is 81.8 Å². The molecule has 0 saturated heterocycles. The number of nitrogens with zero attached hydrogens (tertiary/aromatic N) is 2. The molecular weight excluding hydrogens is 482 g/mol. The van der Waals surface area contributed by atoms with Crippen molar-refractivity contribution < 1.29 is 8.42 Å². The highest BCUT2D eigenvalue weighted by atomic mass is 32.2. The van der Waals surface area contributed by atoms with Crippen LogP contribution in [0.15, 0.2) is 82.7 Å². The van der Waals surface area contributed by atoms with E-state index in [1.165, 1.54) is 48.8 Å². The lowest BCUT2D eigenvalue weighted by Gasteiger charge is -2.14. The second kappa shape index (κ2) is 16.5. The number of aliphatic imine (C=N–C) groups is 1. The van der Waals surface area contributed by atoms with Crippen molar-refractivity contribution in [2.45, 2.75) is 58.4 Å². The number of hydrogen-bond donors (Lipinski definition) is 3. The molecule has 5 N–H and O–H groups in total. The fourth-order valence-electron chi connectivity index (χ4n) is 3.43. The van der Waals surface area contributed by atoms with E-state index in [1.807, 2.05) is 26.0 Å². The minimum absolute atomic E-state index is 0.150. The molecule has 0 atom stereocenters. The van der Waals surface area contributed by atoms with Crippen LogP contribution in [0.5, 0.6) is 0 Å². The SMILES string of the molecule is CC.CCCCc1ccccc1C.CN(C)S(=O)(=O)c1ccccc1CN=C(NN)c1ccccc1N. The minimum atomic E-state index is -3.55. The summed E-state index contributed by atoms with van der Waals surface area (Å²) < 4.78 is 26.0. The predicted molar refractivity (Wildman–Crippen MR) is 157 cm³/mol. The first-order valence-corrected chi connectivity index (χ1v) is 14.1. The molecule has 0 heterocycles. The zero-order chi connectivity index (χ0) is 27.8. The number of benzene rings is 3. The summed E-state index contributed by atoms with van der Waals surface area (Å²) in [5.74, 6) is 5.94. The minimum Gasteiger partial charge on any atom is -0.398 e. The third-order valence-corrected chi connectivity index (χ3v) is 7.47.